The molecule has 0 amide bonds. The van der Waals surface area contributed by atoms with Crippen molar-refractivity contribution in [1.29, 1.82) is 0 Å². The van der Waals surface area contributed by atoms with Gasteiger partial charge >= 0.3 is 11.2 Å². The standard InChI is InChI=1S/C20H20N3O/c1-3-23(4-2)13-9-10-17-18(11-13)24-19-12-16(21)14-7-5-6-8-15(14)20(19)22-17/h5-12H,3-4,21H2,1-2H3/q+1. The van der Waals surface area contributed by atoms with Crippen LogP contribution in [0.4, 0.5) is 11.4 Å². The Kier molecular flexibility index (Phi) is 3.45. The lowest BCUT2D eigenvalue weighted by molar-refractivity contribution is 0.657. The fraction of sp³-hybridized carbons (Fsp3) is 0.200. The van der Waals surface area contributed by atoms with Crippen molar-refractivity contribution in [2.45, 2.75) is 13.8 Å². The molecule has 0 spiro atoms. The van der Waals surface area contributed by atoms with Crippen LogP contribution in [0.5, 0.6) is 0 Å². The maximum Gasteiger partial charge on any atom is 0.381 e. The molecule has 0 saturated carbocycles. The first-order valence-electron chi connectivity index (χ1n) is 8.31. The largest absolute Gasteiger partial charge is 0.398 e. The Hall–Kier alpha value is -2.88. The molecule has 0 radical (unpaired) electrons. The van der Waals surface area contributed by atoms with E-state index in [1.165, 1.54) is 0 Å². The number of benzene rings is 3. The SMILES string of the molecule is CCN(CC)c1ccc2nc3c(cc(N)c4ccccc43)[o+]c2c1. The average molecular weight is 318 g/mol. The molecule has 0 atom stereocenters. The van der Waals surface area contributed by atoms with Gasteiger partial charge in [0.1, 0.15) is 0 Å². The molecule has 4 nitrogen and oxygen atoms in total. The lowest BCUT2D eigenvalue weighted by atomic mass is 10.1. The van der Waals surface area contributed by atoms with Crippen molar-refractivity contribution < 1.29 is 4.42 Å². The van der Waals surface area contributed by atoms with Crippen LogP contribution >= 0.6 is 0 Å². The van der Waals surface area contributed by atoms with Gasteiger partial charge in [0, 0.05) is 35.2 Å². The summed E-state index contributed by atoms with van der Waals surface area (Å²) in [5.41, 5.74) is 11.2. The summed E-state index contributed by atoms with van der Waals surface area (Å²) >= 11 is 0. The second-order valence-electron chi connectivity index (χ2n) is 5.90. The van der Waals surface area contributed by atoms with Gasteiger partial charge in [-0.05, 0) is 26.0 Å². The highest BCUT2D eigenvalue weighted by Gasteiger charge is 2.19. The highest BCUT2D eigenvalue weighted by atomic mass is 16.3. The predicted molar refractivity (Wildman–Crippen MR) is 101 cm³/mol. The van der Waals surface area contributed by atoms with Gasteiger partial charge in [-0.15, -0.1) is 0 Å². The van der Waals surface area contributed by atoms with E-state index >= 15 is 0 Å². The molecule has 0 saturated heterocycles. The van der Waals surface area contributed by atoms with Crippen LogP contribution in [0, 0.1) is 0 Å². The first-order valence-corrected chi connectivity index (χ1v) is 8.31. The maximum absolute atomic E-state index is 6.19. The number of nitrogens with zero attached hydrogens (tertiary/aromatic N) is 2. The van der Waals surface area contributed by atoms with Crippen molar-refractivity contribution in [2.24, 2.45) is 0 Å². The molecule has 0 bridgehead atoms. The van der Waals surface area contributed by atoms with Gasteiger partial charge in [-0.25, -0.2) is 9.40 Å². The van der Waals surface area contributed by atoms with Crippen molar-refractivity contribution in [1.82, 2.24) is 4.98 Å². The number of fused-ring (bicyclic) bond motifs is 4. The van der Waals surface area contributed by atoms with Crippen LogP contribution in [0.3, 0.4) is 0 Å². The number of hydrogen-bond acceptors (Lipinski definition) is 3. The van der Waals surface area contributed by atoms with Gasteiger partial charge in [-0.1, -0.05) is 24.3 Å². The summed E-state index contributed by atoms with van der Waals surface area (Å²) in [5.74, 6) is 0. The third-order valence-electron chi connectivity index (χ3n) is 4.54. The quantitative estimate of drug-likeness (QED) is 0.254. The van der Waals surface area contributed by atoms with Crippen molar-refractivity contribution >= 4 is 44.3 Å². The van der Waals surface area contributed by atoms with Crippen LogP contribution in [-0.2, 0) is 0 Å². The molecular weight excluding hydrogens is 298 g/mol. The van der Waals surface area contributed by atoms with E-state index in [4.69, 9.17) is 15.1 Å². The summed E-state index contributed by atoms with van der Waals surface area (Å²) in [4.78, 5) is 7.12. The zero-order valence-electron chi connectivity index (χ0n) is 13.9. The van der Waals surface area contributed by atoms with Gasteiger partial charge in [0.25, 0.3) is 0 Å². The van der Waals surface area contributed by atoms with Crippen LogP contribution in [0.15, 0.2) is 52.9 Å². The van der Waals surface area contributed by atoms with Gasteiger partial charge in [0.15, 0.2) is 11.0 Å². The monoisotopic (exact) mass is 318 g/mol. The second kappa shape index (κ2) is 5.64. The Labute approximate surface area is 140 Å². The Balaban J connectivity index is 2.02. The van der Waals surface area contributed by atoms with E-state index in [1.807, 2.05) is 36.4 Å². The summed E-state index contributed by atoms with van der Waals surface area (Å²) in [7, 11) is 0. The maximum atomic E-state index is 6.19. The van der Waals surface area contributed by atoms with E-state index in [0.717, 1.165) is 51.7 Å². The van der Waals surface area contributed by atoms with Gasteiger partial charge < -0.3 is 10.6 Å². The molecule has 0 aliphatic carbocycles. The molecule has 4 rings (SSSR count). The molecule has 120 valence electrons. The van der Waals surface area contributed by atoms with Crippen LogP contribution in [0.1, 0.15) is 13.8 Å². The zero-order chi connectivity index (χ0) is 16.7. The van der Waals surface area contributed by atoms with E-state index in [1.54, 1.807) is 0 Å². The van der Waals surface area contributed by atoms with Gasteiger partial charge in [0.2, 0.25) is 0 Å². The van der Waals surface area contributed by atoms with Crippen molar-refractivity contribution in [2.75, 3.05) is 23.7 Å². The molecule has 0 unspecified atom stereocenters. The molecule has 2 N–H and O–H groups in total. The number of hydrogen-bond donors (Lipinski definition) is 1. The molecular formula is C20H20N3O+. The first-order chi connectivity index (χ1) is 11.7. The smallest absolute Gasteiger partial charge is 0.381 e. The number of nitrogens with two attached hydrogens (primary N) is 1. The van der Waals surface area contributed by atoms with Crippen LogP contribution in [0.2, 0.25) is 0 Å². The normalized spacial score (nSPS) is 11.4. The van der Waals surface area contributed by atoms with E-state index in [-0.39, 0.29) is 0 Å². The molecule has 4 heteroatoms. The number of aromatic nitrogens is 1. The Bertz CT molecular complexity index is 1050. The summed E-state index contributed by atoms with van der Waals surface area (Å²) in [5, 5.41) is 2.03. The fourth-order valence-corrected chi connectivity index (χ4v) is 3.26. The van der Waals surface area contributed by atoms with Crippen LogP contribution in [-0.4, -0.2) is 18.1 Å². The van der Waals surface area contributed by atoms with E-state index in [9.17, 15) is 0 Å². The average Bonchev–Trinajstić information content (AvgIpc) is 2.62. The minimum atomic E-state index is 0.711. The summed E-state index contributed by atoms with van der Waals surface area (Å²) in [6.07, 6.45) is 0. The Morgan fingerprint density at radius 1 is 0.958 bits per heavy atom. The molecule has 1 heterocycles. The van der Waals surface area contributed by atoms with Crippen LogP contribution < -0.4 is 10.6 Å². The lowest BCUT2D eigenvalue weighted by Gasteiger charge is -2.19. The first kappa shape index (κ1) is 14.7. The highest BCUT2D eigenvalue weighted by Crippen LogP contribution is 2.32. The van der Waals surface area contributed by atoms with Crippen molar-refractivity contribution in [3.05, 3.63) is 48.5 Å². The Morgan fingerprint density at radius 3 is 2.46 bits per heavy atom. The van der Waals surface area contributed by atoms with E-state index in [2.05, 4.69) is 30.9 Å². The summed E-state index contributed by atoms with van der Waals surface area (Å²) in [6.45, 7) is 6.22. The molecule has 0 aliphatic rings. The van der Waals surface area contributed by atoms with Gasteiger partial charge in [-0.3, -0.25) is 0 Å². The molecule has 0 aliphatic heterocycles. The van der Waals surface area contributed by atoms with Gasteiger partial charge in [0.05, 0.1) is 12.1 Å². The van der Waals surface area contributed by atoms with Crippen LogP contribution in [0.25, 0.3) is 33.0 Å². The van der Waals surface area contributed by atoms with E-state index < -0.39 is 0 Å². The molecule has 4 aromatic rings. The van der Waals surface area contributed by atoms with E-state index in [0.29, 0.717) is 5.69 Å². The number of anilines is 2. The minimum Gasteiger partial charge on any atom is -0.398 e. The van der Waals surface area contributed by atoms with Crippen molar-refractivity contribution in [3.63, 3.8) is 0 Å². The number of rotatable bonds is 3. The fourth-order valence-electron chi connectivity index (χ4n) is 3.26. The molecule has 24 heavy (non-hydrogen) atoms. The van der Waals surface area contributed by atoms with Gasteiger partial charge in [-0.2, -0.15) is 0 Å². The highest BCUT2D eigenvalue weighted by molar-refractivity contribution is 6.10. The van der Waals surface area contributed by atoms with Crippen molar-refractivity contribution in [3.8, 4) is 0 Å². The Morgan fingerprint density at radius 2 is 1.71 bits per heavy atom. The third kappa shape index (κ3) is 2.22. The summed E-state index contributed by atoms with van der Waals surface area (Å²) < 4.78 is 6.15. The zero-order valence-corrected chi connectivity index (χ0v) is 13.9. The third-order valence-corrected chi connectivity index (χ3v) is 4.54. The molecule has 1 aromatic heterocycles. The molecule has 3 aromatic carbocycles. The molecule has 0 fully saturated rings. The topological polar surface area (TPSA) is 53.5 Å². The summed E-state index contributed by atoms with van der Waals surface area (Å²) in [6, 6.07) is 16.1. The minimum absolute atomic E-state index is 0.711. The predicted octanol–water partition coefficient (Wildman–Crippen LogP) is 4.84. The second-order valence-corrected chi connectivity index (χ2v) is 5.90. The number of nitrogen functional groups attached to an aromatic ring is 1. The lowest BCUT2D eigenvalue weighted by Crippen LogP contribution is -2.21.